The first-order valence-corrected chi connectivity index (χ1v) is 9.28. The van der Waals surface area contributed by atoms with E-state index in [1.165, 1.54) is 35.1 Å². The zero-order chi connectivity index (χ0) is 18.0. The van der Waals surface area contributed by atoms with Crippen LogP contribution in [0.3, 0.4) is 0 Å². The van der Waals surface area contributed by atoms with Crippen molar-refractivity contribution >= 4 is 0 Å². The average molecular weight is 346 g/mol. The SMILES string of the molecule is Oc1cccc2c1CCCC2.c1ccc(COCc2ccccc2)cc1. The second kappa shape index (κ2) is 9.79. The monoisotopic (exact) mass is 346 g/mol. The van der Waals surface area contributed by atoms with Crippen LogP contribution >= 0.6 is 0 Å². The summed E-state index contributed by atoms with van der Waals surface area (Å²) < 4.78 is 5.61. The summed E-state index contributed by atoms with van der Waals surface area (Å²) in [6, 6.07) is 26.3. The molecular formula is C24H26O2. The highest BCUT2D eigenvalue weighted by Gasteiger charge is 2.11. The molecule has 2 heteroatoms. The van der Waals surface area contributed by atoms with Crippen LogP contribution in [-0.4, -0.2) is 5.11 Å². The van der Waals surface area contributed by atoms with Crippen molar-refractivity contribution in [3.8, 4) is 5.75 Å². The van der Waals surface area contributed by atoms with Crippen LogP contribution < -0.4 is 0 Å². The Balaban J connectivity index is 0.000000158. The number of aromatic hydroxyl groups is 1. The van der Waals surface area contributed by atoms with E-state index in [2.05, 4.69) is 30.3 Å². The Morgan fingerprint density at radius 1 is 0.654 bits per heavy atom. The van der Waals surface area contributed by atoms with Crippen LogP contribution in [0.4, 0.5) is 0 Å². The maximum absolute atomic E-state index is 9.46. The van der Waals surface area contributed by atoms with Gasteiger partial charge >= 0.3 is 0 Å². The highest BCUT2D eigenvalue weighted by Crippen LogP contribution is 2.28. The van der Waals surface area contributed by atoms with Gasteiger partial charge in [-0.15, -0.1) is 0 Å². The fraction of sp³-hybridized carbons (Fsp3) is 0.250. The van der Waals surface area contributed by atoms with E-state index in [-0.39, 0.29) is 0 Å². The fourth-order valence-electron chi connectivity index (χ4n) is 3.20. The lowest BCUT2D eigenvalue weighted by Gasteiger charge is -2.15. The Bertz CT molecular complexity index is 742. The fourth-order valence-corrected chi connectivity index (χ4v) is 3.20. The Kier molecular flexibility index (Phi) is 6.86. The van der Waals surface area contributed by atoms with E-state index in [1.54, 1.807) is 6.07 Å². The van der Waals surface area contributed by atoms with E-state index < -0.39 is 0 Å². The minimum absolute atomic E-state index is 0.488. The van der Waals surface area contributed by atoms with E-state index in [0.717, 1.165) is 12.8 Å². The molecule has 134 valence electrons. The molecule has 0 radical (unpaired) electrons. The summed E-state index contributed by atoms with van der Waals surface area (Å²) >= 11 is 0. The lowest BCUT2D eigenvalue weighted by molar-refractivity contribution is 0.107. The van der Waals surface area contributed by atoms with Crippen LogP contribution in [0.2, 0.25) is 0 Å². The first-order chi connectivity index (χ1) is 12.8. The molecule has 1 aliphatic carbocycles. The smallest absolute Gasteiger partial charge is 0.119 e. The molecule has 4 rings (SSSR count). The van der Waals surface area contributed by atoms with Crippen molar-refractivity contribution in [2.75, 3.05) is 0 Å². The van der Waals surface area contributed by atoms with E-state index in [4.69, 9.17) is 4.74 Å². The molecule has 0 unspecified atom stereocenters. The van der Waals surface area contributed by atoms with Gasteiger partial charge in [-0.2, -0.15) is 0 Å². The summed E-state index contributed by atoms with van der Waals surface area (Å²) in [4.78, 5) is 0. The van der Waals surface area contributed by atoms with Gasteiger partial charge in [0.1, 0.15) is 5.75 Å². The van der Waals surface area contributed by atoms with Crippen molar-refractivity contribution in [1.82, 2.24) is 0 Å². The third kappa shape index (κ3) is 5.47. The summed E-state index contributed by atoms with van der Waals surface area (Å²) in [5, 5.41) is 9.46. The third-order valence-corrected chi connectivity index (χ3v) is 4.59. The Morgan fingerprint density at radius 2 is 1.23 bits per heavy atom. The van der Waals surface area contributed by atoms with Gasteiger partial charge in [0.15, 0.2) is 0 Å². The van der Waals surface area contributed by atoms with Crippen LogP contribution in [0.5, 0.6) is 5.75 Å². The Labute approximate surface area is 156 Å². The van der Waals surface area contributed by atoms with Crippen molar-refractivity contribution < 1.29 is 9.84 Å². The van der Waals surface area contributed by atoms with Gasteiger partial charge in [-0.3, -0.25) is 0 Å². The Hall–Kier alpha value is -2.58. The number of phenols is 1. The second-order valence-electron chi connectivity index (χ2n) is 6.59. The zero-order valence-electron chi connectivity index (χ0n) is 15.1. The van der Waals surface area contributed by atoms with Crippen LogP contribution in [0.15, 0.2) is 78.9 Å². The molecule has 0 atom stereocenters. The lowest BCUT2D eigenvalue weighted by atomic mass is 9.91. The second-order valence-corrected chi connectivity index (χ2v) is 6.59. The van der Waals surface area contributed by atoms with Crippen molar-refractivity contribution in [3.63, 3.8) is 0 Å². The number of hydrogen-bond acceptors (Lipinski definition) is 2. The van der Waals surface area contributed by atoms with Gasteiger partial charge in [0.05, 0.1) is 13.2 Å². The first-order valence-electron chi connectivity index (χ1n) is 9.28. The molecule has 0 heterocycles. The number of aryl methyl sites for hydroxylation is 1. The number of benzene rings is 3. The summed E-state index contributed by atoms with van der Waals surface area (Å²) in [5.74, 6) is 0.488. The normalized spacial score (nSPS) is 12.6. The van der Waals surface area contributed by atoms with Gasteiger partial charge in [-0.05, 0) is 54.0 Å². The van der Waals surface area contributed by atoms with Gasteiger partial charge in [0, 0.05) is 0 Å². The molecule has 26 heavy (non-hydrogen) atoms. The molecule has 1 N–H and O–H groups in total. The van der Waals surface area contributed by atoms with Crippen LogP contribution in [0, 0.1) is 0 Å². The summed E-state index contributed by atoms with van der Waals surface area (Å²) in [7, 11) is 0. The molecule has 0 saturated heterocycles. The maximum Gasteiger partial charge on any atom is 0.119 e. The zero-order valence-corrected chi connectivity index (χ0v) is 15.1. The van der Waals surface area contributed by atoms with Gasteiger partial charge in [0.25, 0.3) is 0 Å². The van der Waals surface area contributed by atoms with E-state index in [1.807, 2.05) is 42.5 Å². The number of phenolic OH excluding ortho intramolecular Hbond substituents is 1. The number of rotatable bonds is 4. The number of hydrogen-bond donors (Lipinski definition) is 1. The molecule has 0 aliphatic heterocycles. The molecule has 0 aromatic heterocycles. The van der Waals surface area contributed by atoms with Crippen LogP contribution in [0.1, 0.15) is 35.1 Å². The van der Waals surface area contributed by atoms with E-state index in [9.17, 15) is 5.11 Å². The molecule has 0 spiro atoms. The molecule has 0 bridgehead atoms. The molecule has 0 fully saturated rings. The molecule has 3 aromatic rings. The van der Waals surface area contributed by atoms with Crippen LogP contribution in [-0.2, 0) is 30.8 Å². The van der Waals surface area contributed by atoms with Crippen molar-refractivity contribution in [3.05, 3.63) is 101 Å². The predicted molar refractivity (Wildman–Crippen MR) is 106 cm³/mol. The summed E-state index contributed by atoms with van der Waals surface area (Å²) in [6.07, 6.45) is 4.70. The minimum atomic E-state index is 0.488. The number of fused-ring (bicyclic) bond motifs is 1. The number of ether oxygens (including phenoxy) is 1. The standard InChI is InChI=1S/C14H14O.C10H12O/c1-3-7-13(8-4-1)11-15-12-14-9-5-2-6-10-14;11-10-7-3-5-8-4-1-2-6-9(8)10/h1-10H,11-12H2;3,5,7,11H,1-2,4,6H2. The van der Waals surface area contributed by atoms with Gasteiger partial charge < -0.3 is 9.84 Å². The topological polar surface area (TPSA) is 29.5 Å². The summed E-state index contributed by atoms with van der Waals surface area (Å²) in [5.41, 5.74) is 4.96. The average Bonchev–Trinajstić information content (AvgIpc) is 2.71. The largest absolute Gasteiger partial charge is 0.508 e. The minimum Gasteiger partial charge on any atom is -0.508 e. The first kappa shape index (κ1) is 18.2. The summed E-state index contributed by atoms with van der Waals surface area (Å²) in [6.45, 7) is 1.35. The molecule has 1 aliphatic rings. The van der Waals surface area contributed by atoms with E-state index >= 15 is 0 Å². The highest BCUT2D eigenvalue weighted by molar-refractivity contribution is 5.40. The van der Waals surface area contributed by atoms with Crippen LogP contribution in [0.25, 0.3) is 0 Å². The Morgan fingerprint density at radius 3 is 1.81 bits per heavy atom. The predicted octanol–water partition coefficient (Wildman–Crippen LogP) is 5.67. The van der Waals surface area contributed by atoms with Crippen molar-refractivity contribution in [2.24, 2.45) is 0 Å². The molecule has 3 aromatic carbocycles. The van der Waals surface area contributed by atoms with Crippen molar-refractivity contribution in [1.29, 1.82) is 0 Å². The molecule has 0 amide bonds. The van der Waals surface area contributed by atoms with E-state index in [0.29, 0.717) is 19.0 Å². The molecule has 0 saturated carbocycles. The third-order valence-electron chi connectivity index (χ3n) is 4.59. The maximum atomic E-state index is 9.46. The molecular weight excluding hydrogens is 320 g/mol. The van der Waals surface area contributed by atoms with Gasteiger partial charge in [0.2, 0.25) is 0 Å². The van der Waals surface area contributed by atoms with Gasteiger partial charge in [-0.25, -0.2) is 0 Å². The quantitative estimate of drug-likeness (QED) is 0.659. The van der Waals surface area contributed by atoms with Crippen molar-refractivity contribution in [2.45, 2.75) is 38.9 Å². The van der Waals surface area contributed by atoms with Gasteiger partial charge in [-0.1, -0.05) is 72.8 Å². The highest BCUT2D eigenvalue weighted by atomic mass is 16.5. The lowest BCUT2D eigenvalue weighted by Crippen LogP contribution is -2.01. The molecule has 2 nitrogen and oxygen atoms in total.